The second-order valence-corrected chi connectivity index (χ2v) is 7.30. The van der Waals surface area contributed by atoms with Crippen molar-refractivity contribution in [1.82, 2.24) is 10.3 Å². The Hall–Kier alpha value is -1.92. The number of pyridine rings is 1. The summed E-state index contributed by atoms with van der Waals surface area (Å²) in [6.07, 6.45) is 3.24. The highest BCUT2D eigenvalue weighted by atomic mass is 35.5. The van der Waals surface area contributed by atoms with Crippen molar-refractivity contribution in [2.75, 3.05) is 5.75 Å². The number of benzene rings is 1. The number of sulfone groups is 1. The van der Waals surface area contributed by atoms with Gasteiger partial charge < -0.3 is 5.32 Å². The van der Waals surface area contributed by atoms with E-state index in [2.05, 4.69) is 10.3 Å². The van der Waals surface area contributed by atoms with Crippen LogP contribution in [0, 0.1) is 0 Å². The lowest BCUT2D eigenvalue weighted by molar-refractivity contribution is -0.118. The number of carbonyl (C=O) groups excluding carboxylic acids is 1. The molecule has 1 N–H and O–H groups in total. The lowest BCUT2D eigenvalue weighted by atomic mass is 10.2. The fraction of sp³-hybridized carbons (Fsp3) is 0.200. The third-order valence-corrected chi connectivity index (χ3v) is 4.59. The van der Waals surface area contributed by atoms with Gasteiger partial charge in [-0.05, 0) is 29.3 Å². The van der Waals surface area contributed by atoms with Crippen LogP contribution in [0.3, 0.4) is 0 Å². The highest BCUT2D eigenvalue weighted by Crippen LogP contribution is 2.12. The van der Waals surface area contributed by atoms with Crippen LogP contribution in [-0.4, -0.2) is 25.1 Å². The Morgan fingerprint density at radius 2 is 1.86 bits per heavy atom. The molecule has 0 saturated heterocycles. The number of rotatable bonds is 6. The maximum absolute atomic E-state index is 12.0. The SMILES string of the molecule is O=C(CS(=O)(=O)Cc1ccc(Cl)cc1)NCc1cccnc1. The van der Waals surface area contributed by atoms with Gasteiger partial charge in [0.15, 0.2) is 9.84 Å². The van der Waals surface area contributed by atoms with Gasteiger partial charge in [0.05, 0.1) is 5.75 Å². The smallest absolute Gasteiger partial charge is 0.235 e. The quantitative estimate of drug-likeness (QED) is 0.873. The summed E-state index contributed by atoms with van der Waals surface area (Å²) in [5.41, 5.74) is 1.41. The molecule has 1 aromatic heterocycles. The van der Waals surface area contributed by atoms with E-state index in [-0.39, 0.29) is 12.3 Å². The number of nitrogens with zero attached hydrogens (tertiary/aromatic N) is 1. The van der Waals surface area contributed by atoms with Crippen molar-refractivity contribution in [3.05, 3.63) is 64.9 Å². The molecule has 1 heterocycles. The van der Waals surface area contributed by atoms with Crippen LogP contribution in [-0.2, 0) is 26.9 Å². The largest absolute Gasteiger partial charge is 0.351 e. The molecule has 116 valence electrons. The molecule has 0 spiro atoms. The fourth-order valence-corrected chi connectivity index (χ4v) is 3.27. The van der Waals surface area contributed by atoms with E-state index >= 15 is 0 Å². The third kappa shape index (κ3) is 5.46. The molecule has 1 aromatic carbocycles. The average Bonchev–Trinajstić information content (AvgIpc) is 2.48. The molecular formula is C15H15ClN2O3S. The van der Waals surface area contributed by atoms with Crippen molar-refractivity contribution in [1.29, 1.82) is 0 Å². The minimum absolute atomic E-state index is 0.190. The second kappa shape index (κ2) is 7.38. The number of halogens is 1. The Kier molecular flexibility index (Phi) is 5.51. The van der Waals surface area contributed by atoms with Gasteiger partial charge in [-0.3, -0.25) is 9.78 Å². The molecule has 0 aliphatic heterocycles. The summed E-state index contributed by atoms with van der Waals surface area (Å²) >= 11 is 5.75. The Labute approximate surface area is 134 Å². The molecule has 0 bridgehead atoms. The molecular weight excluding hydrogens is 324 g/mol. The lowest BCUT2D eigenvalue weighted by Gasteiger charge is -2.06. The lowest BCUT2D eigenvalue weighted by Crippen LogP contribution is -2.30. The molecule has 0 unspecified atom stereocenters. The Bertz CT molecular complexity index is 731. The highest BCUT2D eigenvalue weighted by Gasteiger charge is 2.17. The molecule has 5 nitrogen and oxygen atoms in total. The molecule has 0 aliphatic rings. The normalized spacial score (nSPS) is 11.1. The molecule has 0 saturated carbocycles. The van der Waals surface area contributed by atoms with Crippen molar-refractivity contribution < 1.29 is 13.2 Å². The predicted molar refractivity (Wildman–Crippen MR) is 85.0 cm³/mol. The first kappa shape index (κ1) is 16.5. The van der Waals surface area contributed by atoms with Gasteiger partial charge in [-0.15, -0.1) is 0 Å². The van der Waals surface area contributed by atoms with Gasteiger partial charge in [-0.1, -0.05) is 29.8 Å². The first-order chi connectivity index (χ1) is 10.4. The van der Waals surface area contributed by atoms with Crippen LogP contribution in [0.15, 0.2) is 48.8 Å². The maximum atomic E-state index is 12.0. The monoisotopic (exact) mass is 338 g/mol. The van der Waals surface area contributed by atoms with Crippen LogP contribution in [0.1, 0.15) is 11.1 Å². The number of hydrogen-bond donors (Lipinski definition) is 1. The van der Waals surface area contributed by atoms with E-state index in [4.69, 9.17) is 11.6 Å². The molecule has 0 radical (unpaired) electrons. The van der Waals surface area contributed by atoms with Gasteiger partial charge in [-0.25, -0.2) is 8.42 Å². The predicted octanol–water partition coefficient (Wildman–Crippen LogP) is 1.97. The standard InChI is InChI=1S/C15H15ClN2O3S/c16-14-5-3-12(4-6-14)10-22(20,21)11-15(19)18-9-13-2-1-7-17-8-13/h1-8H,9-11H2,(H,18,19). The number of amides is 1. The van der Waals surface area contributed by atoms with Crippen molar-refractivity contribution >= 4 is 27.3 Å². The van der Waals surface area contributed by atoms with Gasteiger partial charge >= 0.3 is 0 Å². The van der Waals surface area contributed by atoms with E-state index in [0.717, 1.165) is 5.56 Å². The summed E-state index contributed by atoms with van der Waals surface area (Å²) in [6.45, 7) is 0.253. The van der Waals surface area contributed by atoms with Crippen LogP contribution >= 0.6 is 11.6 Å². The fourth-order valence-electron chi connectivity index (χ4n) is 1.84. The van der Waals surface area contributed by atoms with Gasteiger partial charge in [-0.2, -0.15) is 0 Å². The maximum Gasteiger partial charge on any atom is 0.235 e. The van der Waals surface area contributed by atoms with Crippen molar-refractivity contribution in [3.63, 3.8) is 0 Å². The van der Waals surface area contributed by atoms with Gasteiger partial charge in [0.25, 0.3) is 0 Å². The van der Waals surface area contributed by atoms with Crippen molar-refractivity contribution in [2.45, 2.75) is 12.3 Å². The third-order valence-electron chi connectivity index (χ3n) is 2.86. The summed E-state index contributed by atoms with van der Waals surface area (Å²) in [4.78, 5) is 15.7. The average molecular weight is 339 g/mol. The molecule has 2 aromatic rings. The number of nitrogens with one attached hydrogen (secondary N) is 1. The highest BCUT2D eigenvalue weighted by molar-refractivity contribution is 7.91. The van der Waals surface area contributed by atoms with E-state index in [1.807, 2.05) is 0 Å². The van der Waals surface area contributed by atoms with E-state index in [1.54, 1.807) is 48.8 Å². The Morgan fingerprint density at radius 1 is 1.14 bits per heavy atom. The summed E-state index contributed by atoms with van der Waals surface area (Å²) < 4.78 is 24.0. The summed E-state index contributed by atoms with van der Waals surface area (Å²) in [5.74, 6) is -1.27. The second-order valence-electron chi connectivity index (χ2n) is 4.80. The number of aromatic nitrogens is 1. The molecule has 0 aliphatic carbocycles. The Morgan fingerprint density at radius 3 is 2.50 bits per heavy atom. The topological polar surface area (TPSA) is 76.1 Å². The molecule has 2 rings (SSSR count). The molecule has 0 fully saturated rings. The molecule has 0 atom stereocenters. The van der Waals surface area contributed by atoms with E-state index in [9.17, 15) is 13.2 Å². The Balaban J connectivity index is 1.88. The van der Waals surface area contributed by atoms with Gasteiger partial charge in [0.1, 0.15) is 5.75 Å². The van der Waals surface area contributed by atoms with E-state index in [1.165, 1.54) is 0 Å². The van der Waals surface area contributed by atoms with Crippen LogP contribution in [0.5, 0.6) is 0 Å². The van der Waals surface area contributed by atoms with Gasteiger partial charge in [0, 0.05) is 24.0 Å². The van der Waals surface area contributed by atoms with Crippen LogP contribution < -0.4 is 5.32 Å². The van der Waals surface area contributed by atoms with E-state index < -0.39 is 21.5 Å². The number of carbonyl (C=O) groups is 1. The molecule has 7 heteroatoms. The molecule has 1 amide bonds. The van der Waals surface area contributed by atoms with E-state index in [0.29, 0.717) is 10.6 Å². The minimum Gasteiger partial charge on any atom is -0.351 e. The molecule has 22 heavy (non-hydrogen) atoms. The first-order valence-corrected chi connectivity index (χ1v) is 8.75. The van der Waals surface area contributed by atoms with Crippen LogP contribution in [0.25, 0.3) is 0 Å². The first-order valence-electron chi connectivity index (χ1n) is 6.55. The zero-order valence-electron chi connectivity index (χ0n) is 11.7. The minimum atomic E-state index is -3.52. The number of hydrogen-bond acceptors (Lipinski definition) is 4. The van der Waals surface area contributed by atoms with Crippen molar-refractivity contribution in [2.24, 2.45) is 0 Å². The van der Waals surface area contributed by atoms with Crippen LogP contribution in [0.2, 0.25) is 5.02 Å². The zero-order chi connectivity index (χ0) is 16.0. The summed E-state index contributed by atoms with van der Waals surface area (Å²) in [7, 11) is -3.52. The van der Waals surface area contributed by atoms with Crippen LogP contribution in [0.4, 0.5) is 0 Å². The summed E-state index contributed by atoms with van der Waals surface area (Å²) in [6, 6.07) is 10.1. The zero-order valence-corrected chi connectivity index (χ0v) is 13.3. The van der Waals surface area contributed by atoms with Gasteiger partial charge in [0.2, 0.25) is 5.91 Å². The summed E-state index contributed by atoms with van der Waals surface area (Å²) in [5, 5.41) is 3.11. The van der Waals surface area contributed by atoms with Crippen molar-refractivity contribution in [3.8, 4) is 0 Å².